The molecule has 0 bridgehead atoms. The zero-order chi connectivity index (χ0) is 26.9. The minimum absolute atomic E-state index is 0.0174. The number of carbonyl (C=O) groups excluding carboxylic acids is 2. The molecule has 1 atom stereocenters. The van der Waals surface area contributed by atoms with Crippen LogP contribution >= 0.6 is 0 Å². The molecule has 0 radical (unpaired) electrons. The third kappa shape index (κ3) is 5.10. The minimum Gasteiger partial charge on any atom is -0.457 e. The van der Waals surface area contributed by atoms with Crippen LogP contribution < -0.4 is 14.5 Å². The highest BCUT2D eigenvalue weighted by molar-refractivity contribution is 6.07. The van der Waals surface area contributed by atoms with Crippen molar-refractivity contribution in [3.05, 3.63) is 95.7 Å². The quantitative estimate of drug-likeness (QED) is 0.332. The van der Waals surface area contributed by atoms with E-state index in [-0.39, 0.29) is 29.4 Å². The van der Waals surface area contributed by atoms with E-state index in [1.165, 1.54) is 0 Å². The summed E-state index contributed by atoms with van der Waals surface area (Å²) >= 11 is 0. The van der Waals surface area contributed by atoms with Gasteiger partial charge in [0.25, 0.3) is 0 Å². The van der Waals surface area contributed by atoms with Crippen molar-refractivity contribution in [2.24, 2.45) is 5.41 Å². The lowest BCUT2D eigenvalue weighted by Gasteiger charge is -2.43. The van der Waals surface area contributed by atoms with Gasteiger partial charge in [0.1, 0.15) is 11.5 Å². The number of benzene rings is 3. The average Bonchev–Trinajstić information content (AvgIpc) is 2.90. The molecule has 0 fully saturated rings. The standard InChI is InChI=1S/C33H36N2O3/c1-5-34(6-2)24-14-12-23(13-15-24)28-20-31(37)35(29-21-33(3,4)22-30(36)32(28)29)25-16-18-27(19-17-25)38-26-10-8-7-9-11-26/h7-19,28H,5-6,20-22H2,1-4H3. The van der Waals surface area contributed by atoms with Gasteiger partial charge in [-0.25, -0.2) is 0 Å². The van der Waals surface area contributed by atoms with Gasteiger partial charge >= 0.3 is 0 Å². The third-order valence-corrected chi connectivity index (χ3v) is 7.64. The number of para-hydroxylation sites is 1. The monoisotopic (exact) mass is 508 g/mol. The van der Waals surface area contributed by atoms with Gasteiger partial charge in [-0.3, -0.25) is 14.5 Å². The fourth-order valence-corrected chi connectivity index (χ4v) is 5.79. The van der Waals surface area contributed by atoms with Gasteiger partial charge in [-0.1, -0.05) is 44.2 Å². The van der Waals surface area contributed by atoms with Crippen molar-refractivity contribution in [1.82, 2.24) is 0 Å². The number of rotatable bonds is 7. The molecule has 1 amide bonds. The molecule has 0 saturated carbocycles. The molecule has 1 aliphatic heterocycles. The van der Waals surface area contributed by atoms with Gasteiger partial charge in [-0.05, 0) is 79.8 Å². The Hall–Kier alpha value is -3.86. The van der Waals surface area contributed by atoms with E-state index in [1.807, 2.05) is 54.6 Å². The molecular weight excluding hydrogens is 472 g/mol. The van der Waals surface area contributed by atoms with Crippen molar-refractivity contribution in [3.63, 3.8) is 0 Å². The van der Waals surface area contributed by atoms with Gasteiger partial charge in [0.15, 0.2) is 5.78 Å². The van der Waals surface area contributed by atoms with E-state index >= 15 is 0 Å². The number of ether oxygens (including phenoxy) is 1. The van der Waals surface area contributed by atoms with Crippen molar-refractivity contribution in [3.8, 4) is 11.5 Å². The number of amides is 1. The highest BCUT2D eigenvalue weighted by Crippen LogP contribution is 2.48. The number of anilines is 2. The summed E-state index contributed by atoms with van der Waals surface area (Å²) in [5.41, 5.74) is 4.39. The first-order valence-electron chi connectivity index (χ1n) is 13.6. The van der Waals surface area contributed by atoms with Crippen molar-refractivity contribution in [1.29, 1.82) is 0 Å². The maximum absolute atomic E-state index is 13.7. The van der Waals surface area contributed by atoms with Gasteiger partial charge < -0.3 is 9.64 Å². The van der Waals surface area contributed by atoms with Gasteiger partial charge in [-0.15, -0.1) is 0 Å². The Morgan fingerprint density at radius 3 is 2.11 bits per heavy atom. The van der Waals surface area contributed by atoms with E-state index in [1.54, 1.807) is 4.90 Å². The molecule has 5 nitrogen and oxygen atoms in total. The highest BCUT2D eigenvalue weighted by Gasteiger charge is 2.44. The summed E-state index contributed by atoms with van der Waals surface area (Å²) in [5.74, 6) is 1.40. The molecule has 1 aliphatic carbocycles. The van der Waals surface area contributed by atoms with Gasteiger partial charge in [-0.2, -0.15) is 0 Å². The highest BCUT2D eigenvalue weighted by atomic mass is 16.5. The maximum atomic E-state index is 13.7. The first-order valence-corrected chi connectivity index (χ1v) is 13.6. The van der Waals surface area contributed by atoms with Crippen molar-refractivity contribution < 1.29 is 14.3 Å². The predicted molar refractivity (Wildman–Crippen MR) is 153 cm³/mol. The molecule has 3 aromatic rings. The average molecular weight is 509 g/mol. The van der Waals surface area contributed by atoms with E-state index in [9.17, 15) is 9.59 Å². The van der Waals surface area contributed by atoms with Crippen LogP contribution in [0.4, 0.5) is 11.4 Å². The second-order valence-corrected chi connectivity index (χ2v) is 11.0. The van der Waals surface area contributed by atoms with Gasteiger partial charge in [0.05, 0.1) is 0 Å². The summed E-state index contributed by atoms with van der Waals surface area (Å²) in [7, 11) is 0. The fraction of sp³-hybridized carbons (Fsp3) is 0.333. The molecule has 1 heterocycles. The molecule has 196 valence electrons. The summed E-state index contributed by atoms with van der Waals surface area (Å²) in [6.45, 7) is 10.4. The summed E-state index contributed by atoms with van der Waals surface area (Å²) in [6, 6.07) is 25.6. The largest absolute Gasteiger partial charge is 0.457 e. The Bertz CT molecular complexity index is 1340. The lowest BCUT2D eigenvalue weighted by Crippen LogP contribution is -2.43. The molecule has 0 spiro atoms. The smallest absolute Gasteiger partial charge is 0.232 e. The molecule has 1 unspecified atom stereocenters. The van der Waals surface area contributed by atoms with Crippen LogP contribution in [0.1, 0.15) is 58.4 Å². The maximum Gasteiger partial charge on any atom is 0.232 e. The molecule has 0 saturated heterocycles. The van der Waals surface area contributed by atoms with E-state index in [2.05, 4.69) is 56.9 Å². The third-order valence-electron chi connectivity index (χ3n) is 7.64. The molecule has 0 N–H and O–H groups in total. The van der Waals surface area contributed by atoms with Crippen LogP contribution in [0.2, 0.25) is 0 Å². The van der Waals surface area contributed by atoms with Crippen molar-refractivity contribution in [2.75, 3.05) is 22.9 Å². The van der Waals surface area contributed by atoms with Crippen LogP contribution in [-0.4, -0.2) is 24.8 Å². The first kappa shape index (κ1) is 25.8. The number of allylic oxidation sites excluding steroid dienone is 2. The molecule has 3 aromatic carbocycles. The van der Waals surface area contributed by atoms with Crippen molar-refractivity contribution in [2.45, 2.75) is 52.9 Å². The van der Waals surface area contributed by atoms with E-state index in [0.29, 0.717) is 18.6 Å². The topological polar surface area (TPSA) is 49.9 Å². The number of carbonyl (C=O) groups is 2. The SMILES string of the molecule is CCN(CC)c1ccc(C2CC(=O)N(c3ccc(Oc4ccccc4)cc3)C3=C2C(=O)CC(C)(C)C3)cc1. The zero-order valence-electron chi connectivity index (χ0n) is 22.7. The van der Waals surface area contributed by atoms with Crippen LogP contribution in [0, 0.1) is 5.41 Å². The Morgan fingerprint density at radius 1 is 0.842 bits per heavy atom. The lowest BCUT2D eigenvalue weighted by atomic mass is 9.69. The Balaban J connectivity index is 1.50. The van der Waals surface area contributed by atoms with E-state index in [0.717, 1.165) is 47.0 Å². The number of nitrogens with zero attached hydrogens (tertiary/aromatic N) is 2. The normalized spacial score (nSPS) is 18.8. The van der Waals surface area contributed by atoms with E-state index < -0.39 is 0 Å². The fourth-order valence-electron chi connectivity index (χ4n) is 5.79. The van der Waals surface area contributed by atoms with Gasteiger partial charge in [0, 0.05) is 54.5 Å². The minimum atomic E-state index is -0.219. The lowest BCUT2D eigenvalue weighted by molar-refractivity contribution is -0.121. The summed E-state index contributed by atoms with van der Waals surface area (Å²) < 4.78 is 5.95. The Kier molecular flexibility index (Phi) is 7.11. The van der Waals surface area contributed by atoms with Crippen molar-refractivity contribution >= 4 is 23.1 Å². The molecule has 38 heavy (non-hydrogen) atoms. The molecule has 5 heteroatoms. The summed E-state index contributed by atoms with van der Waals surface area (Å²) in [4.78, 5) is 31.4. The van der Waals surface area contributed by atoms with Crippen LogP contribution in [-0.2, 0) is 9.59 Å². The summed E-state index contributed by atoms with van der Waals surface area (Å²) in [6.07, 6.45) is 1.44. The second kappa shape index (κ2) is 10.5. The van der Waals surface area contributed by atoms with Crippen LogP contribution in [0.5, 0.6) is 11.5 Å². The molecule has 5 rings (SSSR count). The van der Waals surface area contributed by atoms with Crippen LogP contribution in [0.15, 0.2) is 90.1 Å². The number of hydrogen-bond acceptors (Lipinski definition) is 4. The van der Waals surface area contributed by atoms with Gasteiger partial charge in [0.2, 0.25) is 5.91 Å². The Morgan fingerprint density at radius 2 is 1.47 bits per heavy atom. The van der Waals surface area contributed by atoms with Crippen LogP contribution in [0.3, 0.4) is 0 Å². The zero-order valence-corrected chi connectivity index (χ0v) is 22.7. The number of Topliss-reactive ketones (excluding diaryl/α,β-unsaturated/α-hetero) is 1. The molecule has 2 aliphatic rings. The second-order valence-electron chi connectivity index (χ2n) is 11.0. The Labute approximate surface area is 225 Å². The van der Waals surface area contributed by atoms with Crippen LogP contribution in [0.25, 0.3) is 0 Å². The van der Waals surface area contributed by atoms with E-state index in [4.69, 9.17) is 4.74 Å². The summed E-state index contributed by atoms with van der Waals surface area (Å²) in [5, 5.41) is 0. The number of ketones is 1. The number of hydrogen-bond donors (Lipinski definition) is 0. The molecule has 0 aromatic heterocycles. The first-order chi connectivity index (χ1) is 18.3. The predicted octanol–water partition coefficient (Wildman–Crippen LogP) is 7.49. The molecular formula is C33H36N2O3.